The predicted octanol–water partition coefficient (Wildman–Crippen LogP) is 2.70. The molecule has 0 spiro atoms. The van der Waals surface area contributed by atoms with E-state index < -0.39 is 29.6 Å². The molecule has 27 heavy (non-hydrogen) atoms. The summed E-state index contributed by atoms with van der Waals surface area (Å²) < 4.78 is 34.3. The summed E-state index contributed by atoms with van der Waals surface area (Å²) in [6.07, 6.45) is 0.366. The van der Waals surface area contributed by atoms with Gasteiger partial charge in [0.15, 0.2) is 17.8 Å². The van der Waals surface area contributed by atoms with E-state index in [1.165, 1.54) is 18.2 Å². The minimum Gasteiger partial charge on any atom is -0.504 e. The molecule has 0 bridgehead atoms. The summed E-state index contributed by atoms with van der Waals surface area (Å²) in [4.78, 5) is 22.6. The Bertz CT molecular complexity index is 878. The number of benzene rings is 1. The largest absolute Gasteiger partial charge is 0.504 e. The van der Waals surface area contributed by atoms with Gasteiger partial charge in [0.2, 0.25) is 0 Å². The van der Waals surface area contributed by atoms with Crippen molar-refractivity contribution < 1.29 is 37.7 Å². The lowest BCUT2D eigenvalue weighted by molar-refractivity contribution is -0.149. The highest BCUT2D eigenvalue weighted by Crippen LogP contribution is 2.29. The summed E-state index contributed by atoms with van der Waals surface area (Å²) in [5.74, 6) is -2.54. The van der Waals surface area contributed by atoms with Crippen LogP contribution < -0.4 is 0 Å². The molecule has 1 N–H and O–H groups in total. The molecule has 0 radical (unpaired) electrons. The van der Waals surface area contributed by atoms with Crippen LogP contribution in [0.25, 0.3) is 5.76 Å². The van der Waals surface area contributed by atoms with E-state index in [4.69, 9.17) is 13.9 Å². The molecule has 2 heterocycles. The summed E-state index contributed by atoms with van der Waals surface area (Å²) in [5, 5.41) is 9.93. The van der Waals surface area contributed by atoms with Gasteiger partial charge >= 0.3 is 5.97 Å². The molecular weight excluding hydrogens is 359 g/mol. The lowest BCUT2D eigenvalue weighted by Gasteiger charge is -2.14. The van der Waals surface area contributed by atoms with E-state index in [-0.39, 0.29) is 12.2 Å². The third kappa shape index (κ3) is 4.42. The van der Waals surface area contributed by atoms with Crippen molar-refractivity contribution in [2.45, 2.75) is 12.7 Å². The fourth-order valence-electron chi connectivity index (χ4n) is 2.64. The SMILES string of the molecule is COC(=O)C(=O)C=C(O)c1ccc(Cc2ccc(F)cc2C2OCCO2)o1. The van der Waals surface area contributed by atoms with Crippen LogP contribution in [0.15, 0.2) is 40.8 Å². The fourth-order valence-corrected chi connectivity index (χ4v) is 2.64. The average Bonchev–Trinajstić information content (AvgIpc) is 3.34. The van der Waals surface area contributed by atoms with E-state index in [0.29, 0.717) is 24.5 Å². The average molecular weight is 376 g/mol. The standard InChI is InChI=1S/C19H17FO7/c1-24-18(23)16(22)10-15(21)17-5-4-13(27-17)8-11-2-3-12(20)9-14(11)19-25-6-7-26-19/h2-5,9-10,19,21H,6-8H2,1H3. The third-order valence-electron chi connectivity index (χ3n) is 3.92. The zero-order chi connectivity index (χ0) is 19.4. The number of methoxy groups -OCH3 is 1. The number of aliphatic hydroxyl groups is 1. The van der Waals surface area contributed by atoms with Crippen LogP contribution >= 0.6 is 0 Å². The highest BCUT2D eigenvalue weighted by Gasteiger charge is 2.23. The first-order valence-electron chi connectivity index (χ1n) is 8.11. The zero-order valence-corrected chi connectivity index (χ0v) is 14.4. The number of esters is 1. The second-order valence-electron chi connectivity index (χ2n) is 5.74. The minimum absolute atomic E-state index is 0.0132. The van der Waals surface area contributed by atoms with E-state index in [2.05, 4.69) is 4.74 Å². The van der Waals surface area contributed by atoms with Crippen molar-refractivity contribution in [3.63, 3.8) is 0 Å². The monoisotopic (exact) mass is 376 g/mol. The molecule has 1 aromatic carbocycles. The molecule has 1 aromatic heterocycles. The highest BCUT2D eigenvalue weighted by molar-refractivity contribution is 6.39. The Kier molecular flexibility index (Phi) is 5.68. The Morgan fingerprint density at radius 1 is 1.26 bits per heavy atom. The maximum absolute atomic E-state index is 13.6. The predicted molar refractivity (Wildman–Crippen MR) is 90.2 cm³/mol. The van der Waals surface area contributed by atoms with E-state index >= 15 is 0 Å². The third-order valence-corrected chi connectivity index (χ3v) is 3.92. The number of furan rings is 1. The molecule has 0 unspecified atom stereocenters. The van der Waals surface area contributed by atoms with Crippen LogP contribution in [0.2, 0.25) is 0 Å². The lowest BCUT2D eigenvalue weighted by atomic mass is 10.0. The van der Waals surface area contributed by atoms with E-state index in [0.717, 1.165) is 18.7 Å². The molecule has 1 saturated heterocycles. The van der Waals surface area contributed by atoms with Gasteiger partial charge in [-0.3, -0.25) is 4.79 Å². The van der Waals surface area contributed by atoms with Gasteiger partial charge in [0, 0.05) is 18.1 Å². The van der Waals surface area contributed by atoms with Crippen molar-refractivity contribution in [3.05, 3.63) is 64.9 Å². The Hall–Kier alpha value is -2.97. The van der Waals surface area contributed by atoms with Crippen molar-refractivity contribution in [3.8, 4) is 0 Å². The summed E-state index contributed by atoms with van der Waals surface area (Å²) in [5.41, 5.74) is 1.30. The van der Waals surface area contributed by atoms with Crippen LogP contribution in [0, 0.1) is 5.82 Å². The Balaban J connectivity index is 1.79. The van der Waals surface area contributed by atoms with Gasteiger partial charge in [-0.15, -0.1) is 0 Å². The van der Waals surface area contributed by atoms with Crippen molar-refractivity contribution >= 4 is 17.5 Å². The number of carbonyl (C=O) groups excluding carboxylic acids is 2. The van der Waals surface area contributed by atoms with Crippen LogP contribution in [0.3, 0.4) is 0 Å². The fraction of sp³-hybridized carbons (Fsp3) is 0.263. The minimum atomic E-state index is -1.10. The summed E-state index contributed by atoms with van der Waals surface area (Å²) >= 11 is 0. The molecular formula is C19H17FO7. The second kappa shape index (κ2) is 8.15. The van der Waals surface area contributed by atoms with Crippen LogP contribution in [0.5, 0.6) is 0 Å². The maximum Gasteiger partial charge on any atom is 0.378 e. The summed E-state index contributed by atoms with van der Waals surface area (Å²) in [6.45, 7) is 0.858. The van der Waals surface area contributed by atoms with Gasteiger partial charge in [-0.25, -0.2) is 9.18 Å². The van der Waals surface area contributed by atoms with Crippen molar-refractivity contribution in [2.75, 3.05) is 20.3 Å². The van der Waals surface area contributed by atoms with Crippen molar-refractivity contribution in [2.24, 2.45) is 0 Å². The molecule has 0 aliphatic carbocycles. The zero-order valence-electron chi connectivity index (χ0n) is 14.4. The maximum atomic E-state index is 13.6. The number of aliphatic hydroxyl groups excluding tert-OH is 1. The summed E-state index contributed by atoms with van der Waals surface area (Å²) in [7, 11) is 1.06. The second-order valence-corrected chi connectivity index (χ2v) is 5.74. The lowest BCUT2D eigenvalue weighted by Crippen LogP contribution is -2.12. The van der Waals surface area contributed by atoms with Crippen LogP contribution in [0.4, 0.5) is 4.39 Å². The molecule has 0 atom stereocenters. The Morgan fingerprint density at radius 2 is 2.00 bits per heavy atom. The van der Waals surface area contributed by atoms with Gasteiger partial charge in [-0.2, -0.15) is 0 Å². The first-order chi connectivity index (χ1) is 13.0. The number of halogens is 1. The van der Waals surface area contributed by atoms with Gasteiger partial charge in [-0.1, -0.05) is 6.07 Å². The molecule has 142 valence electrons. The molecule has 1 aliphatic heterocycles. The van der Waals surface area contributed by atoms with Crippen molar-refractivity contribution in [1.82, 2.24) is 0 Å². The molecule has 2 aromatic rings. The number of carbonyl (C=O) groups is 2. The van der Waals surface area contributed by atoms with Gasteiger partial charge in [0.1, 0.15) is 11.6 Å². The number of hydrogen-bond donors (Lipinski definition) is 1. The van der Waals surface area contributed by atoms with Crippen LogP contribution in [0.1, 0.15) is 28.9 Å². The van der Waals surface area contributed by atoms with Gasteiger partial charge in [-0.05, 0) is 29.8 Å². The molecule has 1 aliphatic rings. The van der Waals surface area contributed by atoms with Crippen LogP contribution in [-0.4, -0.2) is 37.2 Å². The molecule has 3 rings (SSSR count). The normalized spacial score (nSPS) is 15.1. The molecule has 0 amide bonds. The summed E-state index contributed by atoms with van der Waals surface area (Å²) in [6, 6.07) is 7.34. The van der Waals surface area contributed by atoms with Gasteiger partial charge < -0.3 is 23.7 Å². The van der Waals surface area contributed by atoms with Gasteiger partial charge in [0.05, 0.1) is 20.3 Å². The first-order valence-corrected chi connectivity index (χ1v) is 8.11. The van der Waals surface area contributed by atoms with Crippen LogP contribution in [-0.2, 0) is 30.2 Å². The number of hydrogen-bond acceptors (Lipinski definition) is 7. The quantitative estimate of drug-likeness (QED) is 0.358. The van der Waals surface area contributed by atoms with E-state index in [1.807, 2.05) is 0 Å². The number of rotatable bonds is 6. The number of ether oxygens (including phenoxy) is 3. The molecule has 8 heteroatoms. The smallest absolute Gasteiger partial charge is 0.378 e. The topological polar surface area (TPSA) is 95.2 Å². The Labute approximate surface area is 153 Å². The molecule has 7 nitrogen and oxygen atoms in total. The van der Waals surface area contributed by atoms with Gasteiger partial charge in [0.25, 0.3) is 5.78 Å². The molecule has 0 saturated carbocycles. The van der Waals surface area contributed by atoms with E-state index in [9.17, 15) is 19.1 Å². The van der Waals surface area contributed by atoms with E-state index in [1.54, 1.807) is 12.1 Å². The highest BCUT2D eigenvalue weighted by atomic mass is 19.1. The first kappa shape index (κ1) is 18.8. The Morgan fingerprint density at radius 3 is 2.70 bits per heavy atom. The number of ketones is 1. The molecule has 1 fully saturated rings. The van der Waals surface area contributed by atoms with Crippen molar-refractivity contribution in [1.29, 1.82) is 0 Å².